The van der Waals surface area contributed by atoms with Gasteiger partial charge in [0.05, 0.1) is 10.5 Å². The van der Waals surface area contributed by atoms with Gasteiger partial charge < -0.3 is 9.73 Å². The summed E-state index contributed by atoms with van der Waals surface area (Å²) in [6.07, 6.45) is 2.44. The Morgan fingerprint density at radius 2 is 2.36 bits per heavy atom. The lowest BCUT2D eigenvalue weighted by atomic mass is 10.1. The number of nitrogens with one attached hydrogen (secondary N) is 1. The molecule has 0 aromatic carbocycles. The second-order valence-corrected chi connectivity index (χ2v) is 5.02. The molecule has 0 radical (unpaired) electrons. The number of hydrogen-bond donors (Lipinski definition) is 1. The van der Waals surface area contributed by atoms with Gasteiger partial charge in [-0.3, -0.25) is 0 Å². The van der Waals surface area contributed by atoms with Crippen molar-refractivity contribution in [3.05, 3.63) is 22.1 Å². The molecule has 1 atom stereocenters. The highest BCUT2D eigenvalue weighted by atomic mass is 79.9. The first-order valence-electron chi connectivity index (χ1n) is 5.21. The van der Waals surface area contributed by atoms with Crippen LogP contribution in [-0.4, -0.2) is 6.54 Å². The summed E-state index contributed by atoms with van der Waals surface area (Å²) in [4.78, 5) is 0. The SMILES string of the molecule is CC(C)c1oc(C2CCCN2)cc1Br. The van der Waals surface area contributed by atoms with E-state index in [0.717, 1.165) is 22.5 Å². The van der Waals surface area contributed by atoms with Gasteiger partial charge in [-0.05, 0) is 41.4 Å². The molecule has 0 bridgehead atoms. The van der Waals surface area contributed by atoms with Crippen LogP contribution in [0.4, 0.5) is 0 Å². The fourth-order valence-electron chi connectivity index (χ4n) is 1.89. The van der Waals surface area contributed by atoms with E-state index in [2.05, 4.69) is 41.2 Å². The lowest BCUT2D eigenvalue weighted by molar-refractivity contribution is 0.404. The van der Waals surface area contributed by atoms with Crippen LogP contribution in [0, 0.1) is 0 Å². The van der Waals surface area contributed by atoms with Crippen LogP contribution in [-0.2, 0) is 0 Å². The topological polar surface area (TPSA) is 25.2 Å². The Hall–Kier alpha value is -0.280. The van der Waals surface area contributed by atoms with E-state index in [0.29, 0.717) is 12.0 Å². The third kappa shape index (κ3) is 1.89. The molecular formula is C11H16BrNO. The molecular weight excluding hydrogens is 242 g/mol. The predicted molar refractivity (Wildman–Crippen MR) is 60.5 cm³/mol. The van der Waals surface area contributed by atoms with E-state index in [1.807, 2.05) is 0 Å². The summed E-state index contributed by atoms with van der Waals surface area (Å²) in [5, 5.41) is 3.44. The van der Waals surface area contributed by atoms with Crippen molar-refractivity contribution >= 4 is 15.9 Å². The fraction of sp³-hybridized carbons (Fsp3) is 0.636. The van der Waals surface area contributed by atoms with Crippen LogP contribution < -0.4 is 5.32 Å². The van der Waals surface area contributed by atoms with E-state index >= 15 is 0 Å². The van der Waals surface area contributed by atoms with Crippen molar-refractivity contribution in [3.63, 3.8) is 0 Å². The lowest BCUT2D eigenvalue weighted by Gasteiger charge is -2.06. The van der Waals surface area contributed by atoms with Crippen LogP contribution in [0.25, 0.3) is 0 Å². The molecule has 1 aliphatic rings. The van der Waals surface area contributed by atoms with E-state index in [9.17, 15) is 0 Å². The molecule has 14 heavy (non-hydrogen) atoms. The molecule has 2 heterocycles. The summed E-state index contributed by atoms with van der Waals surface area (Å²) in [6.45, 7) is 5.41. The number of halogens is 1. The first kappa shape index (κ1) is 10.2. The molecule has 3 heteroatoms. The Bertz CT molecular complexity index is 313. The standard InChI is InChI=1S/C11H16BrNO/c1-7(2)11-8(12)6-10(14-11)9-4-3-5-13-9/h6-7,9,13H,3-5H2,1-2H3. The predicted octanol–water partition coefficient (Wildman–Crippen LogP) is 3.59. The maximum atomic E-state index is 5.85. The summed E-state index contributed by atoms with van der Waals surface area (Å²) in [5.41, 5.74) is 0. The molecule has 1 fully saturated rings. The highest BCUT2D eigenvalue weighted by Crippen LogP contribution is 2.33. The number of rotatable bonds is 2. The Labute approximate surface area is 93.2 Å². The average Bonchev–Trinajstić information content (AvgIpc) is 2.70. The van der Waals surface area contributed by atoms with Crippen LogP contribution in [0.3, 0.4) is 0 Å². The highest BCUT2D eigenvalue weighted by Gasteiger charge is 2.22. The van der Waals surface area contributed by atoms with E-state index < -0.39 is 0 Å². The Morgan fingerprint density at radius 1 is 1.57 bits per heavy atom. The van der Waals surface area contributed by atoms with Crippen molar-refractivity contribution < 1.29 is 4.42 Å². The van der Waals surface area contributed by atoms with Gasteiger partial charge in [0.15, 0.2) is 0 Å². The Kier molecular flexibility index (Phi) is 2.98. The van der Waals surface area contributed by atoms with E-state index in [1.54, 1.807) is 0 Å². The van der Waals surface area contributed by atoms with Crippen molar-refractivity contribution in [1.82, 2.24) is 5.32 Å². The molecule has 1 aromatic rings. The van der Waals surface area contributed by atoms with Gasteiger partial charge in [-0.1, -0.05) is 13.8 Å². The largest absolute Gasteiger partial charge is 0.463 e. The third-order valence-corrected chi connectivity index (χ3v) is 3.28. The molecule has 0 amide bonds. The monoisotopic (exact) mass is 257 g/mol. The van der Waals surface area contributed by atoms with Crippen LogP contribution in [0.1, 0.15) is 50.2 Å². The van der Waals surface area contributed by atoms with Gasteiger partial charge in [0.2, 0.25) is 0 Å². The summed E-state index contributed by atoms with van der Waals surface area (Å²) < 4.78 is 6.96. The maximum Gasteiger partial charge on any atom is 0.122 e. The van der Waals surface area contributed by atoms with Gasteiger partial charge in [0, 0.05) is 5.92 Å². The van der Waals surface area contributed by atoms with E-state index in [1.165, 1.54) is 12.8 Å². The summed E-state index contributed by atoms with van der Waals surface area (Å²) >= 11 is 3.54. The van der Waals surface area contributed by atoms with Crippen molar-refractivity contribution in [2.75, 3.05) is 6.54 Å². The van der Waals surface area contributed by atoms with Crippen LogP contribution in [0.15, 0.2) is 15.0 Å². The number of hydrogen-bond acceptors (Lipinski definition) is 2. The average molecular weight is 258 g/mol. The first-order valence-corrected chi connectivity index (χ1v) is 6.00. The van der Waals surface area contributed by atoms with Crippen LogP contribution in [0.2, 0.25) is 0 Å². The maximum absolute atomic E-state index is 5.85. The molecule has 0 spiro atoms. The molecule has 1 unspecified atom stereocenters. The Balaban J connectivity index is 2.22. The minimum absolute atomic E-state index is 0.429. The number of furan rings is 1. The van der Waals surface area contributed by atoms with E-state index in [-0.39, 0.29) is 0 Å². The first-order chi connectivity index (χ1) is 6.68. The van der Waals surface area contributed by atoms with Gasteiger partial charge in [-0.15, -0.1) is 0 Å². The summed E-state index contributed by atoms with van der Waals surface area (Å²) in [7, 11) is 0. The van der Waals surface area contributed by atoms with Gasteiger partial charge in [0.25, 0.3) is 0 Å². The molecule has 1 saturated heterocycles. The minimum atomic E-state index is 0.429. The fourth-order valence-corrected chi connectivity index (χ4v) is 2.66. The highest BCUT2D eigenvalue weighted by molar-refractivity contribution is 9.10. The normalized spacial score (nSPS) is 22.1. The molecule has 2 nitrogen and oxygen atoms in total. The zero-order valence-electron chi connectivity index (χ0n) is 8.64. The molecule has 78 valence electrons. The zero-order chi connectivity index (χ0) is 10.1. The van der Waals surface area contributed by atoms with Crippen molar-refractivity contribution in [2.45, 2.75) is 38.6 Å². The van der Waals surface area contributed by atoms with Gasteiger partial charge in [-0.2, -0.15) is 0 Å². The summed E-state index contributed by atoms with van der Waals surface area (Å²) in [5.74, 6) is 2.59. The second kappa shape index (κ2) is 4.07. The summed E-state index contributed by atoms with van der Waals surface area (Å²) in [6, 6.07) is 2.54. The van der Waals surface area contributed by atoms with Crippen LogP contribution >= 0.6 is 15.9 Å². The Morgan fingerprint density at radius 3 is 2.86 bits per heavy atom. The molecule has 0 aliphatic carbocycles. The van der Waals surface area contributed by atoms with E-state index in [4.69, 9.17) is 4.42 Å². The quantitative estimate of drug-likeness (QED) is 0.876. The molecule has 0 saturated carbocycles. The minimum Gasteiger partial charge on any atom is -0.463 e. The van der Waals surface area contributed by atoms with Crippen molar-refractivity contribution in [3.8, 4) is 0 Å². The second-order valence-electron chi connectivity index (χ2n) is 4.16. The van der Waals surface area contributed by atoms with Crippen molar-refractivity contribution in [1.29, 1.82) is 0 Å². The molecule has 1 N–H and O–H groups in total. The lowest BCUT2D eigenvalue weighted by Crippen LogP contribution is -2.11. The van der Waals surface area contributed by atoms with Gasteiger partial charge in [-0.25, -0.2) is 0 Å². The van der Waals surface area contributed by atoms with Crippen LogP contribution in [0.5, 0.6) is 0 Å². The van der Waals surface area contributed by atoms with Crippen molar-refractivity contribution in [2.24, 2.45) is 0 Å². The molecule has 1 aromatic heterocycles. The van der Waals surface area contributed by atoms with Gasteiger partial charge >= 0.3 is 0 Å². The third-order valence-electron chi connectivity index (χ3n) is 2.66. The molecule has 2 rings (SSSR count). The van der Waals surface area contributed by atoms with Gasteiger partial charge in [0.1, 0.15) is 11.5 Å². The smallest absolute Gasteiger partial charge is 0.122 e. The molecule has 1 aliphatic heterocycles. The zero-order valence-corrected chi connectivity index (χ0v) is 10.2.